The molecule has 0 atom stereocenters. The lowest BCUT2D eigenvalue weighted by atomic mass is 9.83. The van der Waals surface area contributed by atoms with Crippen LogP contribution in [0, 0.1) is 11.8 Å². The van der Waals surface area contributed by atoms with E-state index in [4.69, 9.17) is 24.1 Å². The molecule has 32 heavy (non-hydrogen) atoms. The molecule has 1 fully saturated rings. The molecule has 2 rings (SSSR count). The number of aliphatic hydroxyl groups excluding tert-OH is 1. The van der Waals surface area contributed by atoms with Crippen LogP contribution in [0.2, 0.25) is 0 Å². The van der Waals surface area contributed by atoms with E-state index in [1.807, 2.05) is 12.1 Å². The summed E-state index contributed by atoms with van der Waals surface area (Å²) in [5, 5.41) is 7.00. The zero-order valence-corrected chi connectivity index (χ0v) is 19.4. The van der Waals surface area contributed by atoms with Gasteiger partial charge in [-0.05, 0) is 75.3 Å². The predicted molar refractivity (Wildman–Crippen MR) is 124 cm³/mol. The molecule has 0 saturated heterocycles. The van der Waals surface area contributed by atoms with Crippen molar-refractivity contribution in [1.82, 2.24) is 0 Å². The fraction of sp³-hybridized carbons (Fsp3) is 0.560. The number of rotatable bonds is 12. The molecule has 7 heteroatoms. The Balaban J connectivity index is 0.00000144. The van der Waals surface area contributed by atoms with Crippen molar-refractivity contribution in [3.63, 3.8) is 0 Å². The van der Waals surface area contributed by atoms with Gasteiger partial charge in [0.05, 0.1) is 12.5 Å². The second-order valence-corrected chi connectivity index (χ2v) is 7.27. The summed E-state index contributed by atoms with van der Waals surface area (Å²) < 4.78 is 16.2. The first-order chi connectivity index (χ1) is 15.6. The van der Waals surface area contributed by atoms with E-state index in [1.165, 1.54) is 6.08 Å². The van der Waals surface area contributed by atoms with Gasteiger partial charge in [-0.3, -0.25) is 9.59 Å². The van der Waals surface area contributed by atoms with Crippen molar-refractivity contribution in [3.05, 3.63) is 36.9 Å². The van der Waals surface area contributed by atoms with Crippen LogP contribution in [0.25, 0.3) is 0 Å². The lowest BCUT2D eigenvalue weighted by Gasteiger charge is -2.23. The minimum absolute atomic E-state index is 0.0970. The number of hydrogen-bond acceptors (Lipinski definition) is 7. The minimum atomic E-state index is -0.195. The lowest BCUT2D eigenvalue weighted by molar-refractivity contribution is -0.140. The van der Waals surface area contributed by atoms with Crippen molar-refractivity contribution in [1.29, 1.82) is 0 Å². The first kappa shape index (κ1) is 29.5. The van der Waals surface area contributed by atoms with Crippen molar-refractivity contribution in [2.75, 3.05) is 27.4 Å². The number of methoxy groups -OCH3 is 1. The van der Waals surface area contributed by atoms with E-state index in [2.05, 4.69) is 6.58 Å². The van der Waals surface area contributed by atoms with Crippen molar-refractivity contribution in [2.45, 2.75) is 51.4 Å². The van der Waals surface area contributed by atoms with Gasteiger partial charge < -0.3 is 24.1 Å². The zero-order chi connectivity index (χ0) is 24.0. The topological polar surface area (TPSA) is 99.1 Å². The van der Waals surface area contributed by atoms with Gasteiger partial charge in [0.2, 0.25) is 0 Å². The molecule has 1 aromatic rings. The lowest BCUT2D eigenvalue weighted by Crippen LogP contribution is -2.26. The van der Waals surface area contributed by atoms with Crippen LogP contribution >= 0.6 is 0 Å². The van der Waals surface area contributed by atoms with Gasteiger partial charge >= 0.3 is 5.97 Å². The summed E-state index contributed by atoms with van der Waals surface area (Å²) >= 11 is 0. The molecule has 1 aliphatic carbocycles. The van der Waals surface area contributed by atoms with Crippen molar-refractivity contribution in [2.24, 2.45) is 11.8 Å². The van der Waals surface area contributed by atoms with Crippen molar-refractivity contribution >= 4 is 18.5 Å². The third-order valence-corrected chi connectivity index (χ3v) is 4.95. The minimum Gasteiger partial charge on any atom is -0.494 e. The monoisotopic (exact) mass is 450 g/mol. The number of carbonyl (C=O) groups is 3. The molecular formula is C25H38O7. The highest BCUT2D eigenvalue weighted by atomic mass is 16.5. The molecule has 0 spiro atoms. The van der Waals surface area contributed by atoms with Crippen LogP contribution in [-0.4, -0.2) is 51.1 Å². The Morgan fingerprint density at radius 3 is 2.00 bits per heavy atom. The van der Waals surface area contributed by atoms with E-state index >= 15 is 0 Å². The standard InChI is InChI=1S/C21H30O5.C3H4O.CH4O/c1-24-14-4-2-3-5-15-25-19-10-12-20(13-11-19)26-21(23)18-8-6-17(16-22)7-9-18;1-2-3-4;1-2/h10-13,16-18H,2-9,14-15H2,1H3;2-3H,1H2;2H,1H3. The van der Waals surface area contributed by atoms with E-state index in [1.54, 1.807) is 19.2 Å². The summed E-state index contributed by atoms with van der Waals surface area (Å²) in [5.74, 6) is 1.14. The average Bonchev–Trinajstić information content (AvgIpc) is 2.86. The van der Waals surface area contributed by atoms with Crippen LogP contribution in [0.3, 0.4) is 0 Å². The molecule has 0 aromatic heterocycles. The first-order valence-electron chi connectivity index (χ1n) is 11.0. The highest BCUT2D eigenvalue weighted by Crippen LogP contribution is 2.29. The molecule has 1 aliphatic rings. The Morgan fingerprint density at radius 2 is 1.50 bits per heavy atom. The van der Waals surface area contributed by atoms with E-state index < -0.39 is 0 Å². The maximum atomic E-state index is 12.2. The molecule has 0 bridgehead atoms. The van der Waals surface area contributed by atoms with Gasteiger partial charge in [-0.15, -0.1) is 0 Å². The largest absolute Gasteiger partial charge is 0.494 e. The quantitative estimate of drug-likeness (QED) is 0.168. The second kappa shape index (κ2) is 20.4. The van der Waals surface area contributed by atoms with Gasteiger partial charge in [0.1, 0.15) is 24.1 Å². The van der Waals surface area contributed by atoms with Crippen molar-refractivity contribution in [3.8, 4) is 11.5 Å². The zero-order valence-electron chi connectivity index (χ0n) is 19.4. The Morgan fingerprint density at radius 1 is 0.969 bits per heavy atom. The van der Waals surface area contributed by atoms with Gasteiger partial charge in [-0.2, -0.15) is 0 Å². The molecule has 0 radical (unpaired) electrons. The van der Waals surface area contributed by atoms with Crippen LogP contribution in [0.1, 0.15) is 51.4 Å². The summed E-state index contributed by atoms with van der Waals surface area (Å²) in [6.45, 7) is 4.62. The normalized spacial score (nSPS) is 16.8. The Kier molecular flexibility index (Phi) is 18.8. The number of carbonyl (C=O) groups excluding carboxylic acids is 3. The molecular weight excluding hydrogens is 412 g/mol. The number of hydrogen-bond donors (Lipinski definition) is 1. The van der Waals surface area contributed by atoms with E-state index in [9.17, 15) is 9.59 Å². The van der Waals surface area contributed by atoms with Gasteiger partial charge in [-0.25, -0.2) is 0 Å². The van der Waals surface area contributed by atoms with E-state index in [0.717, 1.165) is 77.1 Å². The SMILES string of the molecule is C=CC=O.CO.COCCCCCCOc1ccc(OC(=O)C2CCC(C=O)CC2)cc1. The molecule has 1 saturated carbocycles. The molecule has 0 heterocycles. The second-order valence-electron chi connectivity index (χ2n) is 7.27. The Hall–Kier alpha value is -2.51. The fourth-order valence-corrected chi connectivity index (χ4v) is 3.19. The van der Waals surface area contributed by atoms with Gasteiger partial charge in [0.25, 0.3) is 0 Å². The summed E-state index contributed by atoms with van der Waals surface area (Å²) in [6, 6.07) is 7.19. The fourth-order valence-electron chi connectivity index (χ4n) is 3.19. The molecule has 0 amide bonds. The van der Waals surface area contributed by atoms with Crippen LogP contribution in [0.4, 0.5) is 0 Å². The summed E-state index contributed by atoms with van der Waals surface area (Å²) in [4.78, 5) is 32.1. The maximum Gasteiger partial charge on any atom is 0.314 e. The molecule has 1 aromatic carbocycles. The number of ether oxygens (including phenoxy) is 3. The molecule has 1 N–H and O–H groups in total. The molecule has 180 valence electrons. The van der Waals surface area contributed by atoms with E-state index in [-0.39, 0.29) is 17.8 Å². The summed E-state index contributed by atoms with van der Waals surface area (Å²) in [6.07, 6.45) is 10.2. The van der Waals surface area contributed by atoms with Crippen LogP contribution in [0.5, 0.6) is 11.5 Å². The highest BCUT2D eigenvalue weighted by Gasteiger charge is 2.27. The number of aliphatic hydroxyl groups is 1. The van der Waals surface area contributed by atoms with Crippen molar-refractivity contribution < 1.29 is 33.7 Å². The Bertz CT molecular complexity index is 614. The number of unbranched alkanes of at least 4 members (excludes halogenated alkanes) is 3. The summed E-state index contributed by atoms with van der Waals surface area (Å²) in [5.41, 5.74) is 0. The van der Waals surface area contributed by atoms with Crippen LogP contribution in [0.15, 0.2) is 36.9 Å². The number of allylic oxidation sites excluding steroid dienone is 1. The Labute approximate surface area is 191 Å². The van der Waals surface area contributed by atoms with Gasteiger partial charge in [-0.1, -0.05) is 13.0 Å². The third kappa shape index (κ3) is 13.7. The number of benzene rings is 1. The average molecular weight is 451 g/mol. The maximum absolute atomic E-state index is 12.2. The summed E-state index contributed by atoms with van der Waals surface area (Å²) in [7, 11) is 2.72. The molecule has 0 aliphatic heterocycles. The van der Waals surface area contributed by atoms with Crippen LogP contribution in [-0.2, 0) is 19.1 Å². The number of aldehydes is 2. The number of esters is 1. The van der Waals surface area contributed by atoms with Crippen LogP contribution < -0.4 is 9.47 Å². The molecule has 7 nitrogen and oxygen atoms in total. The van der Waals surface area contributed by atoms with E-state index in [0.29, 0.717) is 18.6 Å². The smallest absolute Gasteiger partial charge is 0.314 e. The molecule has 0 unspecified atom stereocenters. The predicted octanol–water partition coefficient (Wildman–Crippen LogP) is 4.16. The third-order valence-electron chi connectivity index (χ3n) is 4.95. The van der Waals surface area contributed by atoms with Gasteiger partial charge in [0, 0.05) is 26.7 Å². The first-order valence-corrected chi connectivity index (χ1v) is 11.0. The van der Waals surface area contributed by atoms with Gasteiger partial charge in [0.15, 0.2) is 0 Å². The highest BCUT2D eigenvalue weighted by molar-refractivity contribution is 5.75.